The van der Waals surface area contributed by atoms with Gasteiger partial charge in [-0.2, -0.15) is 0 Å². The number of rotatable bonds is 9. The maximum Gasteiger partial charge on any atom is 0.254 e. The number of amides is 2. The van der Waals surface area contributed by atoms with Crippen molar-refractivity contribution in [3.63, 3.8) is 0 Å². The molecule has 0 aromatic heterocycles. The van der Waals surface area contributed by atoms with Gasteiger partial charge in [0, 0.05) is 31.6 Å². The van der Waals surface area contributed by atoms with Gasteiger partial charge in [0.05, 0.1) is 25.5 Å². The quantitative estimate of drug-likeness (QED) is 0.554. The van der Waals surface area contributed by atoms with Gasteiger partial charge in [-0.05, 0) is 49.1 Å². The van der Waals surface area contributed by atoms with Crippen molar-refractivity contribution < 1.29 is 19.1 Å². The molecule has 0 aliphatic carbocycles. The Hall–Kier alpha value is -2.67. The van der Waals surface area contributed by atoms with Crippen LogP contribution >= 0.6 is 11.8 Å². The van der Waals surface area contributed by atoms with E-state index in [0.29, 0.717) is 35.8 Å². The van der Waals surface area contributed by atoms with Gasteiger partial charge >= 0.3 is 0 Å². The van der Waals surface area contributed by atoms with E-state index in [0.717, 1.165) is 36.4 Å². The Labute approximate surface area is 188 Å². The molecule has 0 atom stereocenters. The van der Waals surface area contributed by atoms with Crippen LogP contribution in [0.15, 0.2) is 47.4 Å². The second kappa shape index (κ2) is 11.1. The third kappa shape index (κ3) is 5.94. The molecule has 6 nitrogen and oxygen atoms in total. The van der Waals surface area contributed by atoms with Crippen molar-refractivity contribution in [3.8, 4) is 11.5 Å². The summed E-state index contributed by atoms with van der Waals surface area (Å²) < 4.78 is 10.6. The van der Waals surface area contributed by atoms with Gasteiger partial charge in [0.1, 0.15) is 0 Å². The van der Waals surface area contributed by atoms with Crippen LogP contribution in [-0.4, -0.2) is 68.3 Å². The van der Waals surface area contributed by atoms with Crippen molar-refractivity contribution in [3.05, 3.63) is 53.6 Å². The molecule has 31 heavy (non-hydrogen) atoms. The Morgan fingerprint density at radius 2 is 1.74 bits per heavy atom. The zero-order valence-electron chi connectivity index (χ0n) is 18.4. The minimum Gasteiger partial charge on any atom is -0.493 e. The number of ether oxygens (including phenoxy) is 2. The van der Waals surface area contributed by atoms with Crippen LogP contribution in [-0.2, 0) is 11.2 Å². The van der Waals surface area contributed by atoms with Crippen LogP contribution in [0.25, 0.3) is 0 Å². The van der Waals surface area contributed by atoms with Gasteiger partial charge < -0.3 is 19.3 Å². The highest BCUT2D eigenvalue weighted by atomic mass is 32.2. The first-order valence-electron chi connectivity index (χ1n) is 10.5. The lowest BCUT2D eigenvalue weighted by atomic mass is 10.1. The lowest BCUT2D eigenvalue weighted by Gasteiger charge is -2.20. The number of likely N-dealkylation sites (tertiary alicyclic amines) is 1. The van der Waals surface area contributed by atoms with Gasteiger partial charge in [-0.15, -0.1) is 11.8 Å². The molecule has 0 spiro atoms. The van der Waals surface area contributed by atoms with Crippen LogP contribution < -0.4 is 9.47 Å². The molecule has 3 rings (SSSR count). The van der Waals surface area contributed by atoms with Crippen LogP contribution in [0.1, 0.15) is 28.8 Å². The van der Waals surface area contributed by atoms with Crippen molar-refractivity contribution in [2.45, 2.75) is 24.2 Å². The van der Waals surface area contributed by atoms with Crippen molar-refractivity contribution in [2.24, 2.45) is 0 Å². The first kappa shape index (κ1) is 23.0. The molecule has 1 fully saturated rings. The topological polar surface area (TPSA) is 59.1 Å². The molecule has 2 aromatic carbocycles. The zero-order valence-corrected chi connectivity index (χ0v) is 19.2. The summed E-state index contributed by atoms with van der Waals surface area (Å²) in [5.74, 6) is 1.83. The first-order chi connectivity index (χ1) is 15.0. The first-order valence-corrected chi connectivity index (χ1v) is 11.5. The number of carbonyl (C=O) groups excluding carboxylic acids is 2. The van der Waals surface area contributed by atoms with Crippen molar-refractivity contribution in [1.29, 1.82) is 0 Å². The fraction of sp³-hybridized carbons (Fsp3) is 0.417. The number of benzene rings is 2. The summed E-state index contributed by atoms with van der Waals surface area (Å²) >= 11 is 1.44. The molecular weight excluding hydrogens is 412 g/mol. The van der Waals surface area contributed by atoms with Crippen LogP contribution in [0.5, 0.6) is 11.5 Å². The van der Waals surface area contributed by atoms with E-state index in [9.17, 15) is 9.59 Å². The van der Waals surface area contributed by atoms with Crippen LogP contribution in [0, 0.1) is 0 Å². The van der Waals surface area contributed by atoms with E-state index in [4.69, 9.17) is 9.47 Å². The third-order valence-corrected chi connectivity index (χ3v) is 6.52. The zero-order chi connectivity index (χ0) is 22.2. The van der Waals surface area contributed by atoms with Crippen molar-refractivity contribution in [1.82, 2.24) is 9.80 Å². The van der Waals surface area contributed by atoms with Gasteiger partial charge in [-0.3, -0.25) is 9.59 Å². The van der Waals surface area contributed by atoms with Crippen LogP contribution in [0.2, 0.25) is 0 Å². The second-order valence-electron chi connectivity index (χ2n) is 7.54. The minimum atomic E-state index is -0.0443. The highest BCUT2D eigenvalue weighted by Gasteiger charge is 2.20. The molecule has 0 radical (unpaired) electrons. The molecule has 1 aliphatic heterocycles. The summed E-state index contributed by atoms with van der Waals surface area (Å²) in [5.41, 5.74) is 1.70. The van der Waals surface area contributed by atoms with E-state index >= 15 is 0 Å². The van der Waals surface area contributed by atoms with Crippen molar-refractivity contribution in [2.75, 3.05) is 46.7 Å². The average Bonchev–Trinajstić information content (AvgIpc) is 3.35. The number of carbonyl (C=O) groups is 2. The monoisotopic (exact) mass is 442 g/mol. The Kier molecular flexibility index (Phi) is 8.23. The number of likely N-dealkylation sites (N-methyl/N-ethyl adjacent to an activating group) is 1. The molecular formula is C24H30N2O4S. The van der Waals surface area contributed by atoms with Gasteiger partial charge in [0.15, 0.2) is 11.5 Å². The average molecular weight is 443 g/mol. The summed E-state index contributed by atoms with van der Waals surface area (Å²) in [4.78, 5) is 29.9. The van der Waals surface area contributed by atoms with Gasteiger partial charge in [-0.1, -0.05) is 18.2 Å². The number of hydrogen-bond donors (Lipinski definition) is 0. The highest BCUT2D eigenvalue weighted by Crippen LogP contribution is 2.28. The van der Waals surface area contributed by atoms with E-state index in [1.54, 1.807) is 26.2 Å². The summed E-state index contributed by atoms with van der Waals surface area (Å²) in [6.45, 7) is 2.26. The summed E-state index contributed by atoms with van der Waals surface area (Å²) in [7, 11) is 5.03. The molecule has 2 amide bonds. The second-order valence-corrected chi connectivity index (χ2v) is 8.56. The van der Waals surface area contributed by atoms with E-state index in [2.05, 4.69) is 0 Å². The van der Waals surface area contributed by atoms with Gasteiger partial charge in [-0.25, -0.2) is 0 Å². The predicted molar refractivity (Wildman–Crippen MR) is 123 cm³/mol. The molecule has 7 heteroatoms. The number of thioether (sulfide) groups is 1. The summed E-state index contributed by atoms with van der Waals surface area (Å²) in [6, 6.07) is 13.3. The van der Waals surface area contributed by atoms with E-state index in [1.165, 1.54) is 11.8 Å². The molecule has 0 saturated carbocycles. The minimum absolute atomic E-state index is 0.0443. The fourth-order valence-electron chi connectivity index (χ4n) is 3.61. The number of methoxy groups -OCH3 is 2. The number of hydrogen-bond acceptors (Lipinski definition) is 5. The van der Waals surface area contributed by atoms with Gasteiger partial charge in [0.25, 0.3) is 5.91 Å². The molecule has 1 aliphatic rings. The molecule has 0 N–H and O–H groups in total. The van der Waals surface area contributed by atoms with E-state index in [1.807, 2.05) is 47.4 Å². The fourth-order valence-corrected chi connectivity index (χ4v) is 4.55. The molecule has 1 heterocycles. The standard InChI is InChI=1S/C24H30N2O4S/c1-25(15-12-18-10-11-20(29-2)21(16-18)30-3)24(28)19-8-4-5-9-22(19)31-17-23(27)26-13-6-7-14-26/h4-5,8-11,16H,6-7,12-15,17H2,1-3H3. The molecule has 0 bridgehead atoms. The molecule has 0 unspecified atom stereocenters. The largest absolute Gasteiger partial charge is 0.493 e. The maximum atomic E-state index is 13.1. The maximum absolute atomic E-state index is 13.1. The molecule has 166 valence electrons. The van der Waals surface area contributed by atoms with Gasteiger partial charge in [0.2, 0.25) is 5.91 Å². The Bertz CT molecular complexity index is 912. The third-order valence-electron chi connectivity index (χ3n) is 5.46. The Morgan fingerprint density at radius 1 is 1.03 bits per heavy atom. The lowest BCUT2D eigenvalue weighted by molar-refractivity contribution is -0.127. The lowest BCUT2D eigenvalue weighted by Crippen LogP contribution is -2.30. The Morgan fingerprint density at radius 3 is 2.45 bits per heavy atom. The predicted octanol–water partition coefficient (Wildman–Crippen LogP) is 3.73. The summed E-state index contributed by atoms with van der Waals surface area (Å²) in [6.07, 6.45) is 2.86. The van der Waals surface area contributed by atoms with Crippen LogP contribution in [0.4, 0.5) is 0 Å². The van der Waals surface area contributed by atoms with Crippen molar-refractivity contribution >= 4 is 23.6 Å². The molecule has 2 aromatic rings. The van der Waals surface area contributed by atoms with E-state index in [-0.39, 0.29) is 11.8 Å². The normalized spacial score (nSPS) is 13.2. The van der Waals surface area contributed by atoms with Crippen LogP contribution in [0.3, 0.4) is 0 Å². The highest BCUT2D eigenvalue weighted by molar-refractivity contribution is 8.00. The Balaban J connectivity index is 1.61. The number of nitrogens with zero attached hydrogens (tertiary/aromatic N) is 2. The summed E-state index contributed by atoms with van der Waals surface area (Å²) in [5, 5.41) is 0. The smallest absolute Gasteiger partial charge is 0.254 e. The van der Waals surface area contributed by atoms with E-state index < -0.39 is 0 Å². The SMILES string of the molecule is COc1ccc(CCN(C)C(=O)c2ccccc2SCC(=O)N2CCCC2)cc1OC. The molecule has 1 saturated heterocycles.